The topological polar surface area (TPSA) is 81.4 Å². The quantitative estimate of drug-likeness (QED) is 0.293. The van der Waals surface area contributed by atoms with Gasteiger partial charge in [0.1, 0.15) is 12.4 Å². The number of para-hydroxylation sites is 1. The average molecular weight is 516 g/mol. The maximum absolute atomic E-state index is 13.7. The number of carbonyl (C=O) groups is 2. The highest BCUT2D eigenvalue weighted by atomic mass is 32.2. The SMILES string of the molecule is CCOC(=O)CNC(=O)N1Cc2c(C)nn(-c3ccccc3)c2-n2cccc2C1c1ccc(SC)cc1. The molecule has 1 aliphatic heterocycles. The van der Waals surface area contributed by atoms with Crippen molar-refractivity contribution in [2.75, 3.05) is 19.4 Å². The fourth-order valence-corrected chi connectivity index (χ4v) is 5.16. The molecule has 1 aliphatic rings. The number of rotatable bonds is 6. The molecule has 2 aromatic carbocycles. The Kier molecular flexibility index (Phi) is 7.05. The van der Waals surface area contributed by atoms with Crippen LogP contribution in [0.15, 0.2) is 77.8 Å². The van der Waals surface area contributed by atoms with Gasteiger partial charge in [0.2, 0.25) is 0 Å². The Balaban J connectivity index is 1.64. The predicted octanol–water partition coefficient (Wildman–Crippen LogP) is 4.87. The predicted molar refractivity (Wildman–Crippen MR) is 143 cm³/mol. The monoisotopic (exact) mass is 515 g/mol. The van der Waals surface area contributed by atoms with Gasteiger partial charge in [-0.25, -0.2) is 9.48 Å². The minimum atomic E-state index is -0.469. The minimum Gasteiger partial charge on any atom is -0.465 e. The van der Waals surface area contributed by atoms with E-state index in [2.05, 4.69) is 34.1 Å². The van der Waals surface area contributed by atoms with Crippen molar-refractivity contribution in [3.63, 3.8) is 0 Å². The van der Waals surface area contributed by atoms with Crippen LogP contribution in [0.25, 0.3) is 11.5 Å². The second-order valence-electron chi connectivity index (χ2n) is 8.71. The van der Waals surface area contributed by atoms with Crippen LogP contribution in [-0.2, 0) is 16.1 Å². The Bertz CT molecular complexity index is 1410. The molecule has 2 amide bonds. The first-order chi connectivity index (χ1) is 18.0. The summed E-state index contributed by atoms with van der Waals surface area (Å²) in [7, 11) is 0. The third kappa shape index (κ3) is 4.74. The molecule has 0 radical (unpaired) electrons. The zero-order valence-electron chi connectivity index (χ0n) is 21.0. The lowest BCUT2D eigenvalue weighted by Gasteiger charge is -2.31. The van der Waals surface area contributed by atoms with Crippen molar-refractivity contribution in [2.24, 2.45) is 0 Å². The van der Waals surface area contributed by atoms with E-state index in [1.807, 2.05) is 66.5 Å². The Hall–Kier alpha value is -3.98. The van der Waals surface area contributed by atoms with Crippen molar-refractivity contribution in [1.82, 2.24) is 24.6 Å². The molecule has 5 rings (SSSR count). The van der Waals surface area contributed by atoms with Crippen molar-refractivity contribution < 1.29 is 14.3 Å². The molecule has 2 aromatic heterocycles. The van der Waals surface area contributed by atoms with Gasteiger partial charge in [0.25, 0.3) is 0 Å². The molecule has 0 saturated carbocycles. The molecule has 0 aliphatic carbocycles. The van der Waals surface area contributed by atoms with Crippen molar-refractivity contribution in [2.45, 2.75) is 31.3 Å². The molecule has 1 N–H and O–H groups in total. The molecule has 1 atom stereocenters. The normalized spacial score (nSPS) is 14.5. The number of nitrogens with one attached hydrogen (secondary N) is 1. The first kappa shape index (κ1) is 24.7. The first-order valence-electron chi connectivity index (χ1n) is 12.2. The maximum Gasteiger partial charge on any atom is 0.325 e. The van der Waals surface area contributed by atoms with Gasteiger partial charge in [-0.1, -0.05) is 30.3 Å². The van der Waals surface area contributed by atoms with Gasteiger partial charge in [-0.2, -0.15) is 5.10 Å². The summed E-state index contributed by atoms with van der Waals surface area (Å²) in [6.45, 7) is 4.09. The van der Waals surface area contributed by atoms with Crippen LogP contribution in [0.3, 0.4) is 0 Å². The number of carbonyl (C=O) groups excluding carboxylic acids is 2. The summed E-state index contributed by atoms with van der Waals surface area (Å²) in [5, 5.41) is 7.63. The Labute approximate surface area is 220 Å². The van der Waals surface area contributed by atoms with Crippen LogP contribution >= 0.6 is 11.8 Å². The summed E-state index contributed by atoms with van der Waals surface area (Å²) in [4.78, 5) is 28.6. The summed E-state index contributed by atoms with van der Waals surface area (Å²) in [5.74, 6) is 0.429. The van der Waals surface area contributed by atoms with Gasteiger partial charge < -0.3 is 19.5 Å². The molecular weight excluding hydrogens is 486 g/mol. The number of esters is 1. The zero-order chi connectivity index (χ0) is 25.9. The van der Waals surface area contributed by atoms with Crippen molar-refractivity contribution in [3.05, 3.63) is 95.4 Å². The average Bonchev–Trinajstić information content (AvgIpc) is 3.48. The summed E-state index contributed by atoms with van der Waals surface area (Å²) < 4.78 is 9.07. The number of hydrogen-bond donors (Lipinski definition) is 1. The Morgan fingerprint density at radius 1 is 1.08 bits per heavy atom. The molecule has 0 spiro atoms. The first-order valence-corrected chi connectivity index (χ1v) is 13.4. The number of hydrogen-bond acceptors (Lipinski definition) is 5. The van der Waals surface area contributed by atoms with Gasteiger partial charge in [0.15, 0.2) is 0 Å². The molecule has 9 heteroatoms. The standard InChI is InChI=1S/C28H29N5O3S/c1-4-36-25(34)17-29-28(35)32-18-23-19(2)30-33(21-9-6-5-7-10-21)27(23)31-16-8-11-24(31)26(32)20-12-14-22(37-3)15-13-20/h5-16,26H,4,17-18H2,1-3H3,(H,29,35). The van der Waals surface area contributed by atoms with Gasteiger partial charge >= 0.3 is 12.0 Å². The fourth-order valence-electron chi connectivity index (χ4n) is 4.75. The number of fused-ring (bicyclic) bond motifs is 3. The van der Waals surface area contributed by atoms with Gasteiger partial charge in [-0.3, -0.25) is 4.79 Å². The molecule has 0 bridgehead atoms. The Morgan fingerprint density at radius 3 is 2.54 bits per heavy atom. The minimum absolute atomic E-state index is 0.197. The van der Waals surface area contributed by atoms with Crippen LogP contribution in [0.5, 0.6) is 0 Å². The number of benzene rings is 2. The van der Waals surface area contributed by atoms with E-state index >= 15 is 0 Å². The number of aromatic nitrogens is 3. The van der Waals surface area contributed by atoms with Crippen LogP contribution in [0, 0.1) is 6.92 Å². The summed E-state index contributed by atoms with van der Waals surface area (Å²) in [6.07, 6.45) is 4.05. The molecule has 3 heterocycles. The molecule has 0 fully saturated rings. The fraction of sp³-hybridized carbons (Fsp3) is 0.250. The maximum atomic E-state index is 13.7. The van der Waals surface area contributed by atoms with E-state index in [0.717, 1.165) is 38.9 Å². The third-order valence-electron chi connectivity index (χ3n) is 6.47. The second-order valence-corrected chi connectivity index (χ2v) is 9.58. The molecule has 4 aromatic rings. The van der Waals surface area contributed by atoms with Crippen LogP contribution in [0.1, 0.15) is 35.5 Å². The molecule has 8 nitrogen and oxygen atoms in total. The largest absolute Gasteiger partial charge is 0.465 e. The third-order valence-corrected chi connectivity index (χ3v) is 7.21. The lowest BCUT2D eigenvalue weighted by molar-refractivity contribution is -0.141. The highest BCUT2D eigenvalue weighted by Crippen LogP contribution is 2.38. The highest BCUT2D eigenvalue weighted by Gasteiger charge is 2.36. The summed E-state index contributed by atoms with van der Waals surface area (Å²) >= 11 is 1.67. The Morgan fingerprint density at radius 2 is 1.84 bits per heavy atom. The second kappa shape index (κ2) is 10.6. The van der Waals surface area contributed by atoms with E-state index in [1.165, 1.54) is 0 Å². The van der Waals surface area contributed by atoms with Crippen molar-refractivity contribution in [3.8, 4) is 11.5 Å². The number of nitrogens with zero attached hydrogens (tertiary/aromatic N) is 4. The number of aryl methyl sites for hydroxylation is 1. The molecule has 190 valence electrons. The number of ether oxygens (including phenoxy) is 1. The van der Waals surface area contributed by atoms with Gasteiger partial charge in [-0.05, 0) is 62.1 Å². The number of urea groups is 1. The van der Waals surface area contributed by atoms with Crippen molar-refractivity contribution in [1.29, 1.82) is 0 Å². The van der Waals surface area contributed by atoms with Crippen molar-refractivity contribution >= 4 is 23.8 Å². The van der Waals surface area contributed by atoms with E-state index < -0.39 is 5.97 Å². The van der Waals surface area contributed by atoms with E-state index in [0.29, 0.717) is 6.54 Å². The molecular formula is C28H29N5O3S. The number of thioether (sulfide) groups is 1. The zero-order valence-corrected chi connectivity index (χ0v) is 21.9. The van der Waals surface area contributed by atoms with Gasteiger partial charge in [-0.15, -0.1) is 11.8 Å². The lowest BCUT2D eigenvalue weighted by Crippen LogP contribution is -2.44. The summed E-state index contributed by atoms with van der Waals surface area (Å²) in [6, 6.07) is 21.5. The van der Waals surface area contributed by atoms with Gasteiger partial charge in [0.05, 0.1) is 36.3 Å². The van der Waals surface area contributed by atoms with Gasteiger partial charge in [0, 0.05) is 16.7 Å². The molecule has 0 saturated heterocycles. The van der Waals surface area contributed by atoms with E-state index in [1.54, 1.807) is 23.6 Å². The number of amides is 2. The molecule has 1 unspecified atom stereocenters. The summed E-state index contributed by atoms with van der Waals surface area (Å²) in [5.41, 5.74) is 4.62. The van der Waals surface area contributed by atoms with Crippen LogP contribution in [0.4, 0.5) is 4.79 Å². The van der Waals surface area contributed by atoms with E-state index in [9.17, 15) is 9.59 Å². The van der Waals surface area contributed by atoms with Crippen LogP contribution in [-0.4, -0.2) is 50.7 Å². The highest BCUT2D eigenvalue weighted by molar-refractivity contribution is 7.98. The lowest BCUT2D eigenvalue weighted by atomic mass is 10.0. The van der Waals surface area contributed by atoms with E-state index in [4.69, 9.17) is 9.84 Å². The smallest absolute Gasteiger partial charge is 0.325 e. The van der Waals surface area contributed by atoms with Crippen LogP contribution in [0.2, 0.25) is 0 Å². The van der Waals surface area contributed by atoms with E-state index in [-0.39, 0.29) is 25.2 Å². The molecule has 37 heavy (non-hydrogen) atoms. The van der Waals surface area contributed by atoms with Crippen LogP contribution < -0.4 is 5.32 Å².